The van der Waals surface area contributed by atoms with Crippen LogP contribution in [0.4, 0.5) is 0 Å². The molecule has 0 aromatic heterocycles. The molecule has 0 atom stereocenters. The predicted molar refractivity (Wildman–Crippen MR) is 69.6 cm³/mol. The van der Waals surface area contributed by atoms with Crippen molar-refractivity contribution in [3.05, 3.63) is 12.4 Å². The quantitative estimate of drug-likeness (QED) is 0.567. The fourth-order valence-corrected chi connectivity index (χ4v) is 1.74. The summed E-state index contributed by atoms with van der Waals surface area (Å²) < 4.78 is 0. The summed E-state index contributed by atoms with van der Waals surface area (Å²) in [7, 11) is 0. The monoisotopic (exact) mass is 222 g/mol. The Labute approximate surface area is 99.4 Å². The predicted octanol–water partition coefficient (Wildman–Crippen LogP) is 2.81. The van der Waals surface area contributed by atoms with E-state index in [9.17, 15) is 0 Å². The summed E-state index contributed by atoms with van der Waals surface area (Å²) in [5.41, 5.74) is 0. The molecule has 0 spiro atoms. The van der Waals surface area contributed by atoms with Crippen LogP contribution < -0.4 is 10.6 Å². The zero-order valence-electron chi connectivity index (χ0n) is 10.4. The molecule has 0 amide bonds. The molecule has 1 heterocycles. The standard InChI is InChI=1S/C13H24N3/c1-2-3-6-9-14-10-7-4-5-8-13-15-11-12-16-13/h11-12,14H,2-10H2,1H3. The van der Waals surface area contributed by atoms with Gasteiger partial charge in [-0.25, -0.2) is 10.3 Å². The molecule has 1 aliphatic rings. The van der Waals surface area contributed by atoms with Crippen LogP contribution in [0.2, 0.25) is 0 Å². The van der Waals surface area contributed by atoms with Crippen LogP contribution in [0.15, 0.2) is 17.4 Å². The molecule has 0 fully saturated rings. The Morgan fingerprint density at radius 3 is 2.50 bits per heavy atom. The highest BCUT2D eigenvalue weighted by atomic mass is 15.0. The highest BCUT2D eigenvalue weighted by Crippen LogP contribution is 2.03. The molecule has 1 radical (unpaired) electrons. The number of nitrogens with one attached hydrogen (secondary N) is 1. The number of rotatable bonds is 10. The van der Waals surface area contributed by atoms with Gasteiger partial charge in [-0.3, -0.25) is 0 Å². The van der Waals surface area contributed by atoms with Crippen molar-refractivity contribution in [2.24, 2.45) is 4.99 Å². The van der Waals surface area contributed by atoms with Crippen molar-refractivity contribution < 1.29 is 0 Å². The summed E-state index contributed by atoms with van der Waals surface area (Å²) in [6.45, 7) is 4.58. The Bertz CT molecular complexity index is 221. The Balaban J connectivity index is 1.75. The van der Waals surface area contributed by atoms with E-state index in [-0.39, 0.29) is 0 Å². The van der Waals surface area contributed by atoms with Crippen molar-refractivity contribution in [3.63, 3.8) is 0 Å². The third-order valence-corrected chi connectivity index (χ3v) is 2.72. The second kappa shape index (κ2) is 9.40. The van der Waals surface area contributed by atoms with E-state index < -0.39 is 0 Å². The van der Waals surface area contributed by atoms with E-state index in [1.165, 1.54) is 45.1 Å². The molecule has 91 valence electrons. The summed E-state index contributed by atoms with van der Waals surface area (Å²) in [6, 6.07) is 0. The van der Waals surface area contributed by atoms with E-state index >= 15 is 0 Å². The summed E-state index contributed by atoms with van der Waals surface area (Å²) in [5, 5.41) is 7.64. The van der Waals surface area contributed by atoms with Gasteiger partial charge in [0.25, 0.3) is 0 Å². The molecule has 0 aromatic carbocycles. The summed E-state index contributed by atoms with van der Waals surface area (Å²) >= 11 is 0. The zero-order valence-corrected chi connectivity index (χ0v) is 10.4. The number of nitrogens with zero attached hydrogens (tertiary/aromatic N) is 2. The minimum Gasteiger partial charge on any atom is -0.317 e. The molecule has 0 aliphatic carbocycles. The first-order chi connectivity index (χ1) is 7.93. The normalized spacial score (nSPS) is 13.9. The van der Waals surface area contributed by atoms with Gasteiger partial charge in [0.05, 0.1) is 0 Å². The van der Waals surface area contributed by atoms with E-state index in [4.69, 9.17) is 0 Å². The number of aliphatic imine (C=N–C) groups is 1. The molecule has 1 N–H and O–H groups in total. The molecular weight excluding hydrogens is 198 g/mol. The van der Waals surface area contributed by atoms with Gasteiger partial charge >= 0.3 is 0 Å². The summed E-state index contributed by atoms with van der Waals surface area (Å²) in [4.78, 5) is 4.16. The Hall–Kier alpha value is -0.830. The maximum atomic E-state index is 4.16. The van der Waals surface area contributed by atoms with Crippen LogP contribution in [0.1, 0.15) is 51.9 Å². The molecule has 0 aromatic rings. The van der Waals surface area contributed by atoms with E-state index in [1.54, 1.807) is 12.4 Å². The van der Waals surface area contributed by atoms with Crippen molar-refractivity contribution in [1.82, 2.24) is 10.6 Å². The minimum absolute atomic E-state index is 0.996. The van der Waals surface area contributed by atoms with Gasteiger partial charge < -0.3 is 5.32 Å². The highest BCUT2D eigenvalue weighted by Gasteiger charge is 2.01. The lowest BCUT2D eigenvalue weighted by atomic mass is 10.2. The van der Waals surface area contributed by atoms with Gasteiger partial charge in [0, 0.05) is 18.8 Å². The van der Waals surface area contributed by atoms with Gasteiger partial charge in [0.2, 0.25) is 0 Å². The molecular formula is C13H24N3. The first-order valence-electron chi connectivity index (χ1n) is 6.56. The van der Waals surface area contributed by atoms with Crippen LogP contribution in [0.3, 0.4) is 0 Å². The van der Waals surface area contributed by atoms with Crippen molar-refractivity contribution >= 4 is 5.84 Å². The molecule has 3 heteroatoms. The molecule has 0 bridgehead atoms. The Morgan fingerprint density at radius 1 is 1.00 bits per heavy atom. The fraction of sp³-hybridized carbons (Fsp3) is 0.769. The van der Waals surface area contributed by atoms with Crippen molar-refractivity contribution in [2.75, 3.05) is 13.1 Å². The van der Waals surface area contributed by atoms with Gasteiger partial charge in [0.1, 0.15) is 5.84 Å². The van der Waals surface area contributed by atoms with Crippen molar-refractivity contribution in [3.8, 4) is 0 Å². The molecule has 0 saturated heterocycles. The number of hydrogen-bond acceptors (Lipinski definition) is 2. The zero-order chi connectivity index (χ0) is 11.5. The second-order valence-electron chi connectivity index (χ2n) is 4.24. The maximum absolute atomic E-state index is 4.16. The van der Waals surface area contributed by atoms with Crippen molar-refractivity contribution in [1.29, 1.82) is 0 Å². The van der Waals surface area contributed by atoms with Crippen molar-refractivity contribution in [2.45, 2.75) is 51.9 Å². The second-order valence-corrected chi connectivity index (χ2v) is 4.24. The van der Waals surface area contributed by atoms with Gasteiger partial charge in [-0.15, -0.1) is 0 Å². The van der Waals surface area contributed by atoms with Gasteiger partial charge in [0.15, 0.2) is 0 Å². The van der Waals surface area contributed by atoms with Crippen LogP contribution in [0.25, 0.3) is 0 Å². The lowest BCUT2D eigenvalue weighted by Gasteiger charge is -2.04. The van der Waals surface area contributed by atoms with E-state index in [0.717, 1.165) is 18.8 Å². The van der Waals surface area contributed by atoms with Crippen LogP contribution in [0, 0.1) is 0 Å². The molecule has 0 saturated carbocycles. The largest absolute Gasteiger partial charge is 0.317 e. The van der Waals surface area contributed by atoms with Crippen LogP contribution in [0.5, 0.6) is 0 Å². The Morgan fingerprint density at radius 2 is 1.81 bits per heavy atom. The molecule has 1 rings (SSSR count). The summed E-state index contributed by atoms with van der Waals surface area (Å²) in [6.07, 6.45) is 12.3. The first kappa shape index (κ1) is 13.2. The highest BCUT2D eigenvalue weighted by molar-refractivity contribution is 5.84. The maximum Gasteiger partial charge on any atom is 0.128 e. The molecule has 3 nitrogen and oxygen atoms in total. The smallest absolute Gasteiger partial charge is 0.128 e. The molecule has 16 heavy (non-hydrogen) atoms. The average molecular weight is 222 g/mol. The lowest BCUT2D eigenvalue weighted by molar-refractivity contribution is 0.578. The van der Waals surface area contributed by atoms with Gasteiger partial charge in [-0.05, 0) is 32.4 Å². The van der Waals surface area contributed by atoms with E-state index in [0.29, 0.717) is 0 Å². The van der Waals surface area contributed by atoms with Gasteiger partial charge in [-0.1, -0.05) is 26.2 Å². The average Bonchev–Trinajstić information content (AvgIpc) is 2.80. The SMILES string of the molecule is CCCCCNCCCCCC1=NC=C[N]1. The number of hydrogen-bond donors (Lipinski definition) is 1. The first-order valence-corrected chi connectivity index (χ1v) is 6.56. The van der Waals surface area contributed by atoms with Crippen LogP contribution in [-0.4, -0.2) is 18.9 Å². The molecule has 0 unspecified atom stereocenters. The minimum atomic E-state index is 0.996. The fourth-order valence-electron chi connectivity index (χ4n) is 1.74. The number of unbranched alkanes of at least 4 members (excludes halogenated alkanes) is 4. The van der Waals surface area contributed by atoms with E-state index in [1.807, 2.05) is 0 Å². The lowest BCUT2D eigenvalue weighted by Crippen LogP contribution is -2.16. The van der Waals surface area contributed by atoms with Crippen LogP contribution >= 0.6 is 0 Å². The topological polar surface area (TPSA) is 38.5 Å². The van der Waals surface area contributed by atoms with E-state index in [2.05, 4.69) is 22.5 Å². The Kier molecular flexibility index (Phi) is 7.78. The number of amidine groups is 1. The third-order valence-electron chi connectivity index (χ3n) is 2.72. The third kappa shape index (κ3) is 6.62. The molecule has 1 aliphatic heterocycles. The summed E-state index contributed by atoms with van der Waals surface area (Å²) in [5.74, 6) is 0.996. The van der Waals surface area contributed by atoms with Gasteiger partial charge in [-0.2, -0.15) is 0 Å². The van der Waals surface area contributed by atoms with Crippen LogP contribution in [-0.2, 0) is 0 Å².